The van der Waals surface area contributed by atoms with Gasteiger partial charge in [-0.15, -0.1) is 0 Å². The van der Waals surface area contributed by atoms with Crippen molar-refractivity contribution in [3.8, 4) is 5.75 Å². The van der Waals surface area contributed by atoms with E-state index in [-0.39, 0.29) is 18.9 Å². The maximum atomic E-state index is 11.8. The van der Waals surface area contributed by atoms with Crippen molar-refractivity contribution in [2.45, 2.75) is 85.2 Å². The quantitative estimate of drug-likeness (QED) is 0.416. The van der Waals surface area contributed by atoms with Crippen molar-refractivity contribution < 1.29 is 29.1 Å². The summed E-state index contributed by atoms with van der Waals surface area (Å²) in [6.45, 7) is 13.1. The molecule has 3 heterocycles. The molecule has 0 spiro atoms. The number of fused-ring (bicyclic) bond motifs is 1. The highest BCUT2D eigenvalue weighted by atomic mass is 16.5. The molecule has 0 bridgehead atoms. The van der Waals surface area contributed by atoms with Gasteiger partial charge in [0.25, 0.3) is 0 Å². The predicted octanol–water partition coefficient (Wildman–Crippen LogP) is 5.20. The van der Waals surface area contributed by atoms with Gasteiger partial charge in [-0.1, -0.05) is 39.8 Å². The van der Waals surface area contributed by atoms with E-state index in [1.807, 2.05) is 12.1 Å². The molecule has 1 fully saturated rings. The molecule has 2 N–H and O–H groups in total. The highest BCUT2D eigenvalue weighted by molar-refractivity contribution is 5.80. The highest BCUT2D eigenvalue weighted by Crippen LogP contribution is 2.33. The van der Waals surface area contributed by atoms with Gasteiger partial charge in [0, 0.05) is 25.4 Å². The Morgan fingerprint density at radius 3 is 2.44 bits per heavy atom. The van der Waals surface area contributed by atoms with E-state index in [0.29, 0.717) is 30.4 Å². The molecule has 1 aromatic carbocycles. The minimum atomic E-state index is -1.22. The van der Waals surface area contributed by atoms with Crippen LogP contribution in [0.4, 0.5) is 10.8 Å². The highest BCUT2D eigenvalue weighted by Gasteiger charge is 2.36. The number of carbonyl (C=O) groups is 2. The minimum absolute atomic E-state index is 0.0532. The maximum Gasteiger partial charge on any atom is 0.408 e. The van der Waals surface area contributed by atoms with Crippen LogP contribution < -0.4 is 9.64 Å². The zero-order valence-electron chi connectivity index (χ0n) is 23.7. The molecule has 1 aromatic heterocycles. The van der Waals surface area contributed by atoms with Crippen LogP contribution >= 0.6 is 0 Å². The van der Waals surface area contributed by atoms with Crippen molar-refractivity contribution >= 4 is 18.1 Å². The molecule has 10 nitrogen and oxygen atoms in total. The van der Waals surface area contributed by atoms with Crippen LogP contribution in [-0.2, 0) is 24.2 Å². The number of benzene rings is 1. The van der Waals surface area contributed by atoms with Gasteiger partial charge in [-0.2, -0.15) is 4.98 Å². The summed E-state index contributed by atoms with van der Waals surface area (Å²) < 4.78 is 11.7. The van der Waals surface area contributed by atoms with E-state index in [9.17, 15) is 19.8 Å². The molecular formula is C29H42N4O6. The van der Waals surface area contributed by atoms with E-state index in [0.717, 1.165) is 71.9 Å². The zero-order valence-corrected chi connectivity index (χ0v) is 23.7. The number of anilines is 1. The summed E-state index contributed by atoms with van der Waals surface area (Å²) in [6, 6.07) is 3.46. The summed E-state index contributed by atoms with van der Waals surface area (Å²) in [7, 11) is 0. The van der Waals surface area contributed by atoms with Crippen molar-refractivity contribution in [2.24, 2.45) is 17.8 Å². The van der Waals surface area contributed by atoms with Crippen LogP contribution in [0.5, 0.6) is 5.75 Å². The largest absolute Gasteiger partial charge is 0.494 e. The third-order valence-corrected chi connectivity index (χ3v) is 8.09. The molecule has 1 saturated heterocycles. The number of amides is 1. The van der Waals surface area contributed by atoms with Gasteiger partial charge in [-0.05, 0) is 72.3 Å². The molecule has 0 aliphatic carbocycles. The van der Waals surface area contributed by atoms with E-state index in [4.69, 9.17) is 9.26 Å². The second-order valence-electron chi connectivity index (χ2n) is 11.8. The molecular weight excluding hydrogens is 500 g/mol. The van der Waals surface area contributed by atoms with Crippen LogP contribution in [0.1, 0.15) is 82.3 Å². The lowest BCUT2D eigenvalue weighted by Gasteiger charge is -2.34. The Balaban J connectivity index is 1.36. The van der Waals surface area contributed by atoms with Gasteiger partial charge in [0.05, 0.1) is 13.2 Å². The topological polar surface area (TPSA) is 129 Å². The predicted molar refractivity (Wildman–Crippen MR) is 146 cm³/mol. The van der Waals surface area contributed by atoms with Crippen LogP contribution in [0.25, 0.3) is 0 Å². The lowest BCUT2D eigenvalue weighted by atomic mass is 9.84. The van der Waals surface area contributed by atoms with E-state index in [1.165, 1.54) is 0 Å². The number of aliphatic carboxylic acids is 1. The molecule has 0 saturated carbocycles. The Labute approximate surface area is 230 Å². The van der Waals surface area contributed by atoms with E-state index in [1.54, 1.807) is 0 Å². The second kappa shape index (κ2) is 12.3. The fourth-order valence-electron chi connectivity index (χ4n) is 5.74. The Hall–Kier alpha value is -3.30. The van der Waals surface area contributed by atoms with Crippen LogP contribution in [0.15, 0.2) is 16.7 Å². The normalized spacial score (nSPS) is 18.9. The van der Waals surface area contributed by atoms with Gasteiger partial charge in [0.2, 0.25) is 0 Å². The molecule has 2 aliphatic rings. The first-order chi connectivity index (χ1) is 18.5. The number of nitrogens with zero attached hydrogens (tertiary/aromatic N) is 4. The molecule has 10 heteroatoms. The Morgan fingerprint density at radius 1 is 1.13 bits per heavy atom. The molecule has 39 heavy (non-hydrogen) atoms. The standard InChI is InChI=1S/C29H42N4O6/c1-17(2)12-21-13-23(14-22-16-33(29(36)37)25(27(34)35)15-24(21)22)38-11-8-19(5)20-6-9-32(10-7-20)28-30-26(18(3)4)31-39-28/h13-14,17-20,25H,6-12,15-16H2,1-5H3,(H,34,35)(H,36,37)/t19-,25?/m1/s1. The van der Waals surface area contributed by atoms with Crippen LogP contribution in [0, 0.1) is 17.8 Å². The average Bonchev–Trinajstić information content (AvgIpc) is 3.38. The van der Waals surface area contributed by atoms with Crippen LogP contribution in [0.3, 0.4) is 0 Å². The molecule has 2 aromatic rings. The number of carboxylic acids is 1. The smallest absolute Gasteiger partial charge is 0.408 e. The van der Waals surface area contributed by atoms with Crippen LogP contribution in [-0.4, -0.2) is 63.1 Å². The summed E-state index contributed by atoms with van der Waals surface area (Å²) in [4.78, 5) is 31.3. The summed E-state index contributed by atoms with van der Waals surface area (Å²) in [5, 5.41) is 23.3. The Morgan fingerprint density at radius 2 is 1.85 bits per heavy atom. The number of hydrogen-bond acceptors (Lipinski definition) is 7. The van der Waals surface area contributed by atoms with Gasteiger partial charge in [-0.3, -0.25) is 4.90 Å². The summed E-state index contributed by atoms with van der Waals surface area (Å²) in [5.74, 6) is 2.06. The average molecular weight is 543 g/mol. The number of ether oxygens (including phenoxy) is 1. The van der Waals surface area contributed by atoms with Crippen molar-refractivity contribution in [2.75, 3.05) is 24.6 Å². The van der Waals surface area contributed by atoms with Crippen molar-refractivity contribution in [3.63, 3.8) is 0 Å². The van der Waals surface area contributed by atoms with Gasteiger partial charge in [0.1, 0.15) is 11.8 Å². The Kier molecular flexibility index (Phi) is 9.02. The molecule has 4 rings (SSSR count). The van der Waals surface area contributed by atoms with Crippen molar-refractivity contribution in [1.82, 2.24) is 15.0 Å². The number of hydrogen-bond donors (Lipinski definition) is 2. The summed E-state index contributed by atoms with van der Waals surface area (Å²) >= 11 is 0. The minimum Gasteiger partial charge on any atom is -0.494 e. The number of aromatic nitrogens is 2. The van der Waals surface area contributed by atoms with E-state index < -0.39 is 18.1 Å². The molecule has 1 unspecified atom stereocenters. The number of carboxylic acid groups (broad SMARTS) is 2. The molecule has 0 radical (unpaired) electrons. The lowest BCUT2D eigenvalue weighted by Crippen LogP contribution is -2.48. The molecule has 2 atom stereocenters. The Bertz CT molecular complexity index is 1150. The first kappa shape index (κ1) is 28.7. The van der Waals surface area contributed by atoms with Crippen LogP contribution in [0.2, 0.25) is 0 Å². The van der Waals surface area contributed by atoms with Gasteiger partial charge < -0.3 is 24.4 Å². The lowest BCUT2D eigenvalue weighted by molar-refractivity contribution is -0.143. The molecule has 214 valence electrons. The van der Waals surface area contributed by atoms with Crippen molar-refractivity contribution in [3.05, 3.63) is 34.6 Å². The first-order valence-electron chi connectivity index (χ1n) is 14.1. The fraction of sp³-hybridized carbons (Fsp3) is 0.655. The van der Waals surface area contributed by atoms with Gasteiger partial charge in [0.15, 0.2) is 5.82 Å². The van der Waals surface area contributed by atoms with Gasteiger partial charge in [-0.25, -0.2) is 9.59 Å². The summed E-state index contributed by atoms with van der Waals surface area (Å²) in [5.41, 5.74) is 2.84. The molecule has 1 amide bonds. The van der Waals surface area contributed by atoms with E-state index >= 15 is 0 Å². The SMILES string of the molecule is CC(C)Cc1cc(OCC[C@@H](C)C2CCN(c3nc(C(C)C)no3)CC2)cc2c1CC(C(=O)O)N(C(=O)O)C2. The van der Waals surface area contributed by atoms with Crippen molar-refractivity contribution in [1.29, 1.82) is 0 Å². The monoisotopic (exact) mass is 542 g/mol. The number of piperidine rings is 1. The second-order valence-corrected chi connectivity index (χ2v) is 11.8. The third-order valence-electron chi connectivity index (χ3n) is 8.09. The fourth-order valence-corrected chi connectivity index (χ4v) is 5.74. The molecule has 2 aliphatic heterocycles. The van der Waals surface area contributed by atoms with Gasteiger partial charge >= 0.3 is 18.1 Å². The summed E-state index contributed by atoms with van der Waals surface area (Å²) in [6.07, 6.45) is 2.79. The zero-order chi connectivity index (χ0) is 28.3. The first-order valence-corrected chi connectivity index (χ1v) is 14.1. The van der Waals surface area contributed by atoms with E-state index in [2.05, 4.69) is 49.7 Å². The maximum absolute atomic E-state index is 11.8. The third kappa shape index (κ3) is 6.83. The number of rotatable bonds is 10.